The van der Waals surface area contributed by atoms with Crippen LogP contribution in [0.4, 0.5) is 10.1 Å². The Hall–Kier alpha value is -2.94. The summed E-state index contributed by atoms with van der Waals surface area (Å²) in [6, 6.07) is 16.4. The molecule has 0 aliphatic heterocycles. The van der Waals surface area contributed by atoms with Gasteiger partial charge < -0.3 is 10.4 Å². The molecule has 0 saturated heterocycles. The fourth-order valence-electron chi connectivity index (χ4n) is 2.78. The topological polar surface area (TPSA) is 95.5 Å². The molecule has 0 aliphatic carbocycles. The molecule has 1 atom stereocenters. The highest BCUT2D eigenvalue weighted by Gasteiger charge is 2.28. The number of sulfonamides is 1. The van der Waals surface area contributed by atoms with Crippen molar-refractivity contribution in [3.8, 4) is 5.75 Å². The number of halogens is 2. The van der Waals surface area contributed by atoms with Crippen molar-refractivity contribution < 1.29 is 22.7 Å². The molecule has 0 aliphatic rings. The molecule has 0 radical (unpaired) electrons. The van der Waals surface area contributed by atoms with E-state index in [1.165, 1.54) is 30.3 Å². The molecular formula is C21H18ClFN2O4S. The van der Waals surface area contributed by atoms with Gasteiger partial charge in [-0.2, -0.15) is 4.72 Å². The second-order valence-corrected chi connectivity index (χ2v) is 8.56. The summed E-state index contributed by atoms with van der Waals surface area (Å²) in [7, 11) is -4.34. The minimum atomic E-state index is -4.34. The number of nitrogens with one attached hydrogen (secondary N) is 2. The van der Waals surface area contributed by atoms with Crippen LogP contribution in [0.3, 0.4) is 0 Å². The smallest absolute Gasteiger partial charge is 0.244 e. The zero-order chi connectivity index (χ0) is 21.7. The van der Waals surface area contributed by atoms with Crippen molar-refractivity contribution in [1.82, 2.24) is 4.72 Å². The number of rotatable bonds is 7. The molecule has 0 heterocycles. The SMILES string of the molecule is O=C(Nc1cc(Cl)ccc1O)C(Cc1ccccc1)NS(=O)(=O)c1ccccc1F. The maximum Gasteiger partial charge on any atom is 0.244 e. The van der Waals surface area contributed by atoms with Crippen LogP contribution >= 0.6 is 11.6 Å². The van der Waals surface area contributed by atoms with Crippen molar-refractivity contribution >= 4 is 33.2 Å². The molecular weight excluding hydrogens is 431 g/mol. The molecule has 0 aromatic heterocycles. The first-order valence-electron chi connectivity index (χ1n) is 8.86. The highest BCUT2D eigenvalue weighted by atomic mass is 35.5. The van der Waals surface area contributed by atoms with Gasteiger partial charge in [0.25, 0.3) is 0 Å². The van der Waals surface area contributed by atoms with E-state index in [2.05, 4.69) is 10.0 Å². The molecule has 0 spiro atoms. The molecule has 6 nitrogen and oxygen atoms in total. The Balaban J connectivity index is 1.91. The van der Waals surface area contributed by atoms with Gasteiger partial charge in [0.05, 0.1) is 5.69 Å². The molecule has 0 bridgehead atoms. The van der Waals surface area contributed by atoms with Crippen molar-refractivity contribution in [3.63, 3.8) is 0 Å². The third kappa shape index (κ3) is 5.35. The van der Waals surface area contributed by atoms with Gasteiger partial charge in [-0.25, -0.2) is 12.8 Å². The second kappa shape index (κ2) is 9.25. The van der Waals surface area contributed by atoms with E-state index in [4.69, 9.17) is 11.6 Å². The lowest BCUT2D eigenvalue weighted by atomic mass is 10.1. The van der Waals surface area contributed by atoms with E-state index >= 15 is 0 Å². The zero-order valence-electron chi connectivity index (χ0n) is 15.5. The van der Waals surface area contributed by atoms with Crippen LogP contribution in [0.25, 0.3) is 0 Å². The van der Waals surface area contributed by atoms with Crippen molar-refractivity contribution in [2.24, 2.45) is 0 Å². The van der Waals surface area contributed by atoms with E-state index < -0.39 is 32.7 Å². The minimum Gasteiger partial charge on any atom is -0.506 e. The van der Waals surface area contributed by atoms with Gasteiger partial charge in [0.2, 0.25) is 15.9 Å². The number of phenols is 1. The summed E-state index contributed by atoms with van der Waals surface area (Å²) in [6.07, 6.45) is 0.00167. The van der Waals surface area contributed by atoms with Crippen LogP contribution in [0, 0.1) is 5.82 Å². The van der Waals surface area contributed by atoms with E-state index in [9.17, 15) is 22.7 Å². The van der Waals surface area contributed by atoms with Crippen LogP contribution < -0.4 is 10.0 Å². The molecule has 3 aromatic carbocycles. The van der Waals surface area contributed by atoms with Gasteiger partial charge in [-0.15, -0.1) is 0 Å². The first-order valence-corrected chi connectivity index (χ1v) is 10.7. The number of aromatic hydroxyl groups is 1. The van der Waals surface area contributed by atoms with Gasteiger partial charge in [0.15, 0.2) is 0 Å². The summed E-state index contributed by atoms with van der Waals surface area (Å²) in [5, 5.41) is 12.7. The second-order valence-electron chi connectivity index (χ2n) is 6.44. The number of carbonyl (C=O) groups excluding carboxylic acids is 1. The monoisotopic (exact) mass is 448 g/mol. The van der Waals surface area contributed by atoms with Crippen molar-refractivity contribution in [2.75, 3.05) is 5.32 Å². The molecule has 0 saturated carbocycles. The molecule has 3 N–H and O–H groups in total. The van der Waals surface area contributed by atoms with E-state index in [1.807, 2.05) is 0 Å². The summed E-state index contributed by atoms with van der Waals surface area (Å²) in [5.41, 5.74) is 0.708. The zero-order valence-corrected chi connectivity index (χ0v) is 17.1. The van der Waals surface area contributed by atoms with Gasteiger partial charge in [0, 0.05) is 5.02 Å². The van der Waals surface area contributed by atoms with Crippen LogP contribution in [0.1, 0.15) is 5.56 Å². The molecule has 156 valence electrons. The lowest BCUT2D eigenvalue weighted by molar-refractivity contribution is -0.117. The lowest BCUT2D eigenvalue weighted by Crippen LogP contribution is -2.45. The summed E-state index contributed by atoms with van der Waals surface area (Å²) < 4.78 is 41.8. The average Bonchev–Trinajstić information content (AvgIpc) is 2.71. The highest BCUT2D eigenvalue weighted by molar-refractivity contribution is 7.89. The van der Waals surface area contributed by atoms with Crippen LogP contribution in [-0.2, 0) is 21.2 Å². The number of benzene rings is 3. The number of amides is 1. The highest BCUT2D eigenvalue weighted by Crippen LogP contribution is 2.27. The number of hydrogen-bond acceptors (Lipinski definition) is 4. The van der Waals surface area contributed by atoms with E-state index in [1.54, 1.807) is 30.3 Å². The Morgan fingerprint density at radius 2 is 1.70 bits per heavy atom. The largest absolute Gasteiger partial charge is 0.506 e. The summed E-state index contributed by atoms with van der Waals surface area (Å²) >= 11 is 5.90. The molecule has 30 heavy (non-hydrogen) atoms. The normalized spacial score (nSPS) is 12.3. The maximum atomic E-state index is 14.0. The molecule has 3 aromatic rings. The van der Waals surface area contributed by atoms with Crippen molar-refractivity contribution in [1.29, 1.82) is 0 Å². The Morgan fingerprint density at radius 3 is 2.40 bits per heavy atom. The Morgan fingerprint density at radius 1 is 1.03 bits per heavy atom. The number of anilines is 1. The fourth-order valence-corrected chi connectivity index (χ4v) is 4.23. The predicted molar refractivity (Wildman–Crippen MR) is 112 cm³/mol. The standard InChI is InChI=1S/C21H18ClFN2O4S/c22-15-10-11-19(26)17(13-15)24-21(27)18(12-14-6-2-1-3-7-14)25-30(28,29)20-9-5-4-8-16(20)23/h1-11,13,18,25-26H,12H2,(H,24,27). The van der Waals surface area contributed by atoms with E-state index in [-0.39, 0.29) is 22.9 Å². The van der Waals surface area contributed by atoms with E-state index in [0.717, 1.165) is 12.1 Å². The van der Waals surface area contributed by atoms with Crippen molar-refractivity contribution in [3.05, 3.63) is 89.2 Å². The predicted octanol–water partition coefficient (Wildman–Crippen LogP) is 3.71. The van der Waals surface area contributed by atoms with Crippen LogP contribution in [-0.4, -0.2) is 25.5 Å². The molecule has 1 amide bonds. The average molecular weight is 449 g/mol. The summed E-state index contributed by atoms with van der Waals surface area (Å²) in [6.45, 7) is 0. The van der Waals surface area contributed by atoms with Crippen LogP contribution in [0.5, 0.6) is 5.75 Å². The number of phenolic OH excluding ortho intramolecular Hbond substituents is 1. The van der Waals surface area contributed by atoms with Gasteiger partial charge in [-0.1, -0.05) is 54.1 Å². The third-order valence-corrected chi connectivity index (χ3v) is 5.98. The van der Waals surface area contributed by atoms with Gasteiger partial charge in [0.1, 0.15) is 22.5 Å². The quantitative estimate of drug-likeness (QED) is 0.480. The molecule has 3 rings (SSSR count). The maximum absolute atomic E-state index is 14.0. The van der Waals surface area contributed by atoms with Gasteiger partial charge in [-0.3, -0.25) is 4.79 Å². The Kier molecular flexibility index (Phi) is 6.71. The van der Waals surface area contributed by atoms with Gasteiger partial charge >= 0.3 is 0 Å². The minimum absolute atomic E-state index is 0.00167. The molecule has 1 unspecified atom stereocenters. The number of carbonyl (C=O) groups is 1. The van der Waals surface area contributed by atoms with Crippen LogP contribution in [0.2, 0.25) is 5.02 Å². The van der Waals surface area contributed by atoms with Crippen molar-refractivity contribution in [2.45, 2.75) is 17.4 Å². The van der Waals surface area contributed by atoms with Gasteiger partial charge in [-0.05, 0) is 42.3 Å². The number of hydrogen-bond donors (Lipinski definition) is 3. The lowest BCUT2D eigenvalue weighted by Gasteiger charge is -2.19. The molecule has 9 heteroatoms. The Labute approximate surface area is 178 Å². The first-order chi connectivity index (χ1) is 14.3. The van der Waals surface area contributed by atoms with E-state index in [0.29, 0.717) is 5.56 Å². The molecule has 0 fully saturated rings. The summed E-state index contributed by atoms with van der Waals surface area (Å²) in [4.78, 5) is 12.3. The fraction of sp³-hybridized carbons (Fsp3) is 0.0952. The third-order valence-electron chi connectivity index (χ3n) is 4.24. The summed E-state index contributed by atoms with van der Waals surface area (Å²) in [5.74, 6) is -1.91. The van der Waals surface area contributed by atoms with Crippen LogP contribution in [0.15, 0.2) is 77.7 Å². The Bertz CT molecular complexity index is 1160. The first kappa shape index (κ1) is 21.8.